The summed E-state index contributed by atoms with van der Waals surface area (Å²) in [6, 6.07) is 7.79. The lowest BCUT2D eigenvalue weighted by Crippen LogP contribution is -1.85. The van der Waals surface area contributed by atoms with Crippen LogP contribution in [0.1, 0.15) is 0 Å². The third-order valence-corrected chi connectivity index (χ3v) is 3.26. The van der Waals surface area contributed by atoms with E-state index in [-0.39, 0.29) is 0 Å². The summed E-state index contributed by atoms with van der Waals surface area (Å²) in [6.07, 6.45) is 1.47. The monoisotopic (exact) mass is 247 g/mol. The van der Waals surface area contributed by atoms with Crippen LogP contribution < -0.4 is 0 Å². The van der Waals surface area contributed by atoms with Crippen LogP contribution in [0.4, 0.5) is 0 Å². The highest BCUT2D eigenvalue weighted by atomic mass is 35.5. The molecule has 0 spiro atoms. The summed E-state index contributed by atoms with van der Waals surface area (Å²) in [4.78, 5) is 12.3. The molecule has 0 amide bonds. The highest BCUT2D eigenvalue weighted by Crippen LogP contribution is 2.25. The van der Waals surface area contributed by atoms with Gasteiger partial charge in [-0.05, 0) is 12.1 Å². The lowest BCUT2D eigenvalue weighted by atomic mass is 10.1. The van der Waals surface area contributed by atoms with Crippen molar-refractivity contribution in [2.45, 2.75) is 0 Å². The van der Waals surface area contributed by atoms with Crippen molar-refractivity contribution in [3.05, 3.63) is 41.3 Å². The van der Waals surface area contributed by atoms with Gasteiger partial charge < -0.3 is 0 Å². The third-order valence-electron chi connectivity index (χ3n) is 2.26. The molecule has 0 aliphatic rings. The van der Waals surface area contributed by atoms with Crippen LogP contribution in [-0.2, 0) is 0 Å². The Balaban J connectivity index is 2.18. The molecule has 3 aromatic rings. The molecule has 3 rings (SSSR count). The van der Waals surface area contributed by atoms with Crippen molar-refractivity contribution in [1.29, 1.82) is 0 Å². The van der Waals surface area contributed by atoms with Gasteiger partial charge in [-0.2, -0.15) is 0 Å². The molecule has 1 aromatic carbocycles. The van der Waals surface area contributed by atoms with Crippen molar-refractivity contribution in [2.75, 3.05) is 0 Å². The SMILES string of the molecule is Clc1cc(-c2ccc3ncsc3c2)ncn1. The topological polar surface area (TPSA) is 38.7 Å². The molecule has 2 heterocycles. The minimum atomic E-state index is 0.453. The summed E-state index contributed by atoms with van der Waals surface area (Å²) in [5, 5.41) is 0.453. The smallest absolute Gasteiger partial charge is 0.133 e. The Morgan fingerprint density at radius 2 is 2.00 bits per heavy atom. The Morgan fingerprint density at radius 3 is 2.88 bits per heavy atom. The molecular weight excluding hydrogens is 242 g/mol. The van der Waals surface area contributed by atoms with Crippen LogP contribution in [0.3, 0.4) is 0 Å². The third kappa shape index (κ3) is 1.66. The van der Waals surface area contributed by atoms with E-state index in [1.54, 1.807) is 17.4 Å². The molecule has 0 saturated heterocycles. The number of halogens is 1. The first-order valence-corrected chi connectivity index (χ1v) is 5.90. The predicted octanol–water partition coefficient (Wildman–Crippen LogP) is 3.41. The first-order valence-electron chi connectivity index (χ1n) is 4.64. The number of hydrogen-bond acceptors (Lipinski definition) is 4. The molecule has 0 bridgehead atoms. The predicted molar refractivity (Wildman–Crippen MR) is 65.7 cm³/mol. The fraction of sp³-hybridized carbons (Fsp3) is 0. The lowest BCUT2D eigenvalue weighted by Gasteiger charge is -2.00. The van der Waals surface area contributed by atoms with Gasteiger partial charge in [0.15, 0.2) is 0 Å². The molecule has 0 saturated carbocycles. The molecule has 0 aliphatic heterocycles. The largest absolute Gasteiger partial charge is 0.245 e. The van der Waals surface area contributed by atoms with Crippen LogP contribution in [0, 0.1) is 0 Å². The van der Waals surface area contributed by atoms with Gasteiger partial charge in [0.1, 0.15) is 11.5 Å². The van der Waals surface area contributed by atoms with E-state index in [1.165, 1.54) is 6.33 Å². The molecule has 3 nitrogen and oxygen atoms in total. The van der Waals surface area contributed by atoms with Gasteiger partial charge in [-0.1, -0.05) is 17.7 Å². The molecule has 0 fully saturated rings. The van der Waals surface area contributed by atoms with E-state index in [4.69, 9.17) is 11.6 Å². The normalized spacial score (nSPS) is 10.8. The van der Waals surface area contributed by atoms with Gasteiger partial charge in [-0.15, -0.1) is 11.3 Å². The van der Waals surface area contributed by atoms with E-state index in [0.29, 0.717) is 5.15 Å². The summed E-state index contributed by atoms with van der Waals surface area (Å²) in [5.74, 6) is 0. The van der Waals surface area contributed by atoms with Crippen LogP contribution in [0.15, 0.2) is 36.1 Å². The number of benzene rings is 1. The number of rotatable bonds is 1. The van der Waals surface area contributed by atoms with Crippen LogP contribution in [0.5, 0.6) is 0 Å². The fourth-order valence-corrected chi connectivity index (χ4v) is 2.37. The van der Waals surface area contributed by atoms with Gasteiger partial charge in [0.2, 0.25) is 0 Å². The van der Waals surface area contributed by atoms with Crippen LogP contribution in [0.2, 0.25) is 5.15 Å². The highest BCUT2D eigenvalue weighted by Gasteiger charge is 2.03. The Hall–Kier alpha value is -1.52. The minimum absolute atomic E-state index is 0.453. The quantitative estimate of drug-likeness (QED) is 0.619. The van der Waals surface area contributed by atoms with Crippen molar-refractivity contribution >= 4 is 33.2 Å². The van der Waals surface area contributed by atoms with Gasteiger partial charge in [-0.3, -0.25) is 0 Å². The number of fused-ring (bicyclic) bond motifs is 1. The lowest BCUT2D eigenvalue weighted by molar-refractivity contribution is 1.17. The van der Waals surface area contributed by atoms with E-state index in [9.17, 15) is 0 Å². The molecule has 0 atom stereocenters. The van der Waals surface area contributed by atoms with Crippen LogP contribution in [0.25, 0.3) is 21.5 Å². The molecule has 78 valence electrons. The second-order valence-electron chi connectivity index (χ2n) is 3.26. The summed E-state index contributed by atoms with van der Waals surface area (Å²) >= 11 is 7.44. The number of thiazole rings is 1. The van der Waals surface area contributed by atoms with Crippen LogP contribution in [-0.4, -0.2) is 15.0 Å². The molecule has 0 N–H and O–H groups in total. The zero-order valence-corrected chi connectivity index (χ0v) is 9.66. The Morgan fingerprint density at radius 1 is 1.06 bits per heavy atom. The average Bonchev–Trinajstić information content (AvgIpc) is 2.75. The molecule has 0 unspecified atom stereocenters. The second-order valence-corrected chi connectivity index (χ2v) is 4.53. The summed E-state index contributed by atoms with van der Waals surface area (Å²) in [7, 11) is 0. The second kappa shape index (κ2) is 3.81. The minimum Gasteiger partial charge on any atom is -0.245 e. The van der Waals surface area contributed by atoms with E-state index in [2.05, 4.69) is 21.0 Å². The zero-order chi connectivity index (χ0) is 11.0. The standard InChI is InChI=1S/C11H6ClN3S/c12-11-4-9(13-5-14-11)7-1-2-8-10(3-7)16-6-15-8/h1-6H. The first kappa shape index (κ1) is 9.69. The average molecular weight is 248 g/mol. The Bertz CT molecular complexity index is 650. The van der Waals surface area contributed by atoms with E-state index < -0.39 is 0 Å². The van der Waals surface area contributed by atoms with E-state index in [1.807, 2.05) is 17.6 Å². The van der Waals surface area contributed by atoms with E-state index >= 15 is 0 Å². The summed E-state index contributed by atoms with van der Waals surface area (Å²) < 4.78 is 1.15. The van der Waals surface area contributed by atoms with Gasteiger partial charge in [0.05, 0.1) is 21.4 Å². The van der Waals surface area contributed by atoms with E-state index in [0.717, 1.165) is 21.5 Å². The van der Waals surface area contributed by atoms with Gasteiger partial charge in [0, 0.05) is 11.6 Å². The maximum absolute atomic E-state index is 5.83. The van der Waals surface area contributed by atoms with Crippen molar-refractivity contribution in [1.82, 2.24) is 15.0 Å². The number of hydrogen-bond donors (Lipinski definition) is 0. The number of aromatic nitrogens is 3. The van der Waals surface area contributed by atoms with Gasteiger partial charge in [0.25, 0.3) is 0 Å². The van der Waals surface area contributed by atoms with Crippen LogP contribution >= 0.6 is 22.9 Å². The Labute approximate surface area is 101 Å². The number of nitrogens with zero attached hydrogens (tertiary/aromatic N) is 3. The zero-order valence-electron chi connectivity index (χ0n) is 8.09. The van der Waals surface area contributed by atoms with Crippen molar-refractivity contribution in [2.24, 2.45) is 0 Å². The van der Waals surface area contributed by atoms with Crippen molar-refractivity contribution < 1.29 is 0 Å². The maximum Gasteiger partial charge on any atom is 0.133 e. The van der Waals surface area contributed by atoms with Crippen molar-refractivity contribution in [3.8, 4) is 11.3 Å². The molecular formula is C11H6ClN3S. The van der Waals surface area contributed by atoms with Gasteiger partial charge in [-0.25, -0.2) is 15.0 Å². The first-order chi connectivity index (χ1) is 7.83. The molecule has 2 aromatic heterocycles. The van der Waals surface area contributed by atoms with Crippen molar-refractivity contribution in [3.63, 3.8) is 0 Å². The Kier molecular flexibility index (Phi) is 2.31. The maximum atomic E-state index is 5.83. The highest BCUT2D eigenvalue weighted by molar-refractivity contribution is 7.16. The molecule has 5 heteroatoms. The van der Waals surface area contributed by atoms with Gasteiger partial charge >= 0.3 is 0 Å². The molecule has 0 aliphatic carbocycles. The fourth-order valence-electron chi connectivity index (χ4n) is 1.51. The molecule has 0 radical (unpaired) electrons. The summed E-state index contributed by atoms with van der Waals surface area (Å²) in [5.41, 5.74) is 4.70. The summed E-state index contributed by atoms with van der Waals surface area (Å²) in [6.45, 7) is 0. The molecule has 16 heavy (non-hydrogen) atoms.